The van der Waals surface area contributed by atoms with Gasteiger partial charge in [0, 0.05) is 10.6 Å². The first-order valence-corrected chi connectivity index (χ1v) is 8.95. The number of ether oxygens (including phenoxy) is 1. The average Bonchev–Trinajstić information content (AvgIpc) is 2.85. The summed E-state index contributed by atoms with van der Waals surface area (Å²) in [4.78, 5) is 14.8. The van der Waals surface area contributed by atoms with Crippen LogP contribution in [0.2, 0.25) is 5.02 Å². The highest BCUT2D eigenvalue weighted by Gasteiger charge is 2.33. The molecule has 0 radical (unpaired) electrons. The number of hydrogen-bond acceptors (Lipinski definition) is 4. The van der Waals surface area contributed by atoms with E-state index in [0.29, 0.717) is 26.6 Å². The van der Waals surface area contributed by atoms with Gasteiger partial charge in [0.2, 0.25) is 0 Å². The van der Waals surface area contributed by atoms with Crippen molar-refractivity contribution in [1.82, 2.24) is 0 Å². The summed E-state index contributed by atoms with van der Waals surface area (Å²) >= 11 is 12.7. The lowest BCUT2D eigenvalue weighted by Crippen LogP contribution is -2.27. The molecular weight excluding hydrogens is 362 g/mol. The van der Waals surface area contributed by atoms with Crippen LogP contribution >= 0.6 is 35.6 Å². The lowest BCUT2D eigenvalue weighted by Gasteiger charge is -2.13. The molecule has 0 N–H and O–H groups in total. The molecule has 2 aromatic carbocycles. The smallest absolute Gasteiger partial charge is 0.270 e. The molecule has 2 aromatic rings. The molecule has 1 aliphatic rings. The molecule has 24 heavy (non-hydrogen) atoms. The van der Waals surface area contributed by atoms with Crippen molar-refractivity contribution < 1.29 is 9.53 Å². The number of thioether (sulfide) groups is 1. The van der Waals surface area contributed by atoms with Crippen molar-refractivity contribution in [1.29, 1.82) is 0 Å². The maximum atomic E-state index is 12.8. The van der Waals surface area contributed by atoms with Crippen molar-refractivity contribution in [3.8, 4) is 5.75 Å². The minimum atomic E-state index is -0.140. The molecular formula is C18H14ClNO2S2. The van der Waals surface area contributed by atoms with Crippen LogP contribution in [-0.4, -0.2) is 16.8 Å². The first-order valence-electron chi connectivity index (χ1n) is 7.35. The zero-order valence-electron chi connectivity index (χ0n) is 12.9. The van der Waals surface area contributed by atoms with Crippen LogP contribution in [-0.2, 0) is 4.79 Å². The minimum absolute atomic E-state index is 0.140. The summed E-state index contributed by atoms with van der Waals surface area (Å²) in [5.74, 6) is 0.547. The Kier molecular flexibility index (Phi) is 5.23. The summed E-state index contributed by atoms with van der Waals surface area (Å²) in [6.07, 6.45) is 1.78. The van der Waals surface area contributed by atoms with Gasteiger partial charge in [-0.1, -0.05) is 53.8 Å². The van der Waals surface area contributed by atoms with Gasteiger partial charge in [0.05, 0.1) is 17.2 Å². The van der Waals surface area contributed by atoms with Crippen molar-refractivity contribution in [2.24, 2.45) is 0 Å². The van der Waals surface area contributed by atoms with Crippen LogP contribution in [0.5, 0.6) is 5.75 Å². The van der Waals surface area contributed by atoms with E-state index in [1.54, 1.807) is 24.3 Å². The van der Waals surface area contributed by atoms with E-state index in [4.69, 9.17) is 28.6 Å². The summed E-state index contributed by atoms with van der Waals surface area (Å²) in [5.41, 5.74) is 1.53. The molecule has 1 fully saturated rings. The lowest BCUT2D eigenvalue weighted by molar-refractivity contribution is -0.113. The normalized spacial score (nSPS) is 16.1. The Hall–Kier alpha value is -1.82. The van der Waals surface area contributed by atoms with Crippen molar-refractivity contribution in [2.75, 3.05) is 11.5 Å². The molecule has 6 heteroatoms. The van der Waals surface area contributed by atoms with Crippen LogP contribution in [0.15, 0.2) is 53.4 Å². The molecule has 0 aromatic heterocycles. The number of thiocarbonyl (C=S) groups is 1. The topological polar surface area (TPSA) is 29.5 Å². The van der Waals surface area contributed by atoms with E-state index in [2.05, 4.69) is 0 Å². The Morgan fingerprint density at radius 3 is 2.71 bits per heavy atom. The molecule has 0 spiro atoms. The number of benzene rings is 2. The van der Waals surface area contributed by atoms with Crippen LogP contribution in [0.1, 0.15) is 12.5 Å². The van der Waals surface area contributed by atoms with Gasteiger partial charge in [0.15, 0.2) is 4.32 Å². The highest BCUT2D eigenvalue weighted by Crippen LogP contribution is 2.37. The molecule has 0 aliphatic carbocycles. The summed E-state index contributed by atoms with van der Waals surface area (Å²) in [6.45, 7) is 2.45. The first kappa shape index (κ1) is 17.0. The predicted molar refractivity (Wildman–Crippen MR) is 105 cm³/mol. The number of halogens is 1. The van der Waals surface area contributed by atoms with Crippen LogP contribution < -0.4 is 9.64 Å². The van der Waals surface area contributed by atoms with E-state index < -0.39 is 0 Å². The predicted octanol–water partition coefficient (Wildman–Crippen LogP) is 5.14. The summed E-state index contributed by atoms with van der Waals surface area (Å²) in [5, 5.41) is 0.586. The lowest BCUT2D eigenvalue weighted by atomic mass is 10.2. The third-order valence-corrected chi connectivity index (χ3v) is 4.90. The van der Waals surface area contributed by atoms with E-state index in [-0.39, 0.29) is 5.91 Å². The largest absolute Gasteiger partial charge is 0.493 e. The van der Waals surface area contributed by atoms with E-state index in [1.807, 2.05) is 37.3 Å². The standard InChI is InChI=1S/C18H14ClNO2S2/c1-2-22-15-9-8-13(19)10-12(15)11-16-17(21)20(18(23)24-16)14-6-4-3-5-7-14/h3-11H,2H2,1H3. The molecule has 0 bridgehead atoms. The third-order valence-electron chi connectivity index (χ3n) is 3.37. The number of carbonyl (C=O) groups excluding carboxylic acids is 1. The Morgan fingerprint density at radius 2 is 2.00 bits per heavy atom. The van der Waals surface area contributed by atoms with Gasteiger partial charge in [0.1, 0.15) is 5.75 Å². The second-order valence-electron chi connectivity index (χ2n) is 4.97. The molecule has 0 atom stereocenters. The highest BCUT2D eigenvalue weighted by atomic mass is 35.5. The highest BCUT2D eigenvalue weighted by molar-refractivity contribution is 8.27. The molecule has 3 nitrogen and oxygen atoms in total. The number of nitrogens with zero attached hydrogens (tertiary/aromatic N) is 1. The monoisotopic (exact) mass is 375 g/mol. The van der Waals surface area contributed by atoms with Crippen LogP contribution in [0.25, 0.3) is 6.08 Å². The van der Waals surface area contributed by atoms with Gasteiger partial charge >= 0.3 is 0 Å². The van der Waals surface area contributed by atoms with Gasteiger partial charge in [-0.3, -0.25) is 9.69 Å². The maximum absolute atomic E-state index is 12.8. The number of amides is 1. The Morgan fingerprint density at radius 1 is 1.25 bits per heavy atom. The Balaban J connectivity index is 1.97. The number of anilines is 1. The Bertz CT molecular complexity index is 821. The van der Waals surface area contributed by atoms with Gasteiger partial charge in [0.25, 0.3) is 5.91 Å². The van der Waals surface area contributed by atoms with E-state index in [1.165, 1.54) is 16.7 Å². The molecule has 0 unspecified atom stereocenters. The SMILES string of the molecule is CCOc1ccc(Cl)cc1C=C1SC(=S)N(c2ccccc2)C1=O. The van der Waals surface area contributed by atoms with Crippen molar-refractivity contribution >= 4 is 57.6 Å². The van der Waals surface area contributed by atoms with Crippen LogP contribution in [0.4, 0.5) is 5.69 Å². The quantitative estimate of drug-likeness (QED) is 0.546. The van der Waals surface area contributed by atoms with Crippen molar-refractivity contribution in [2.45, 2.75) is 6.92 Å². The molecule has 1 aliphatic heterocycles. The summed E-state index contributed by atoms with van der Waals surface area (Å²) < 4.78 is 6.12. The molecule has 3 rings (SSSR count). The molecule has 0 saturated carbocycles. The molecule has 122 valence electrons. The number of carbonyl (C=O) groups is 1. The van der Waals surface area contributed by atoms with Crippen LogP contribution in [0.3, 0.4) is 0 Å². The second-order valence-corrected chi connectivity index (χ2v) is 7.08. The molecule has 1 saturated heterocycles. The summed E-state index contributed by atoms with van der Waals surface area (Å²) in [6, 6.07) is 14.7. The molecule has 1 amide bonds. The zero-order chi connectivity index (χ0) is 17.1. The Labute approximate surface area is 155 Å². The summed E-state index contributed by atoms with van der Waals surface area (Å²) in [7, 11) is 0. The second kappa shape index (κ2) is 7.38. The van der Waals surface area contributed by atoms with Gasteiger partial charge in [-0.05, 0) is 43.3 Å². The minimum Gasteiger partial charge on any atom is -0.493 e. The van der Waals surface area contributed by atoms with E-state index >= 15 is 0 Å². The number of hydrogen-bond donors (Lipinski definition) is 0. The maximum Gasteiger partial charge on any atom is 0.270 e. The number of para-hydroxylation sites is 1. The zero-order valence-corrected chi connectivity index (χ0v) is 15.3. The average molecular weight is 376 g/mol. The van der Waals surface area contributed by atoms with Crippen molar-refractivity contribution in [3.63, 3.8) is 0 Å². The molecule has 1 heterocycles. The third kappa shape index (κ3) is 3.48. The fourth-order valence-electron chi connectivity index (χ4n) is 2.33. The van der Waals surface area contributed by atoms with Crippen molar-refractivity contribution in [3.05, 3.63) is 64.0 Å². The fourth-order valence-corrected chi connectivity index (χ4v) is 3.80. The van der Waals surface area contributed by atoms with Gasteiger partial charge < -0.3 is 4.74 Å². The van der Waals surface area contributed by atoms with Gasteiger partial charge in [-0.25, -0.2) is 0 Å². The number of rotatable bonds is 4. The van der Waals surface area contributed by atoms with Gasteiger partial charge in [-0.2, -0.15) is 0 Å². The van der Waals surface area contributed by atoms with Crippen LogP contribution in [0, 0.1) is 0 Å². The fraction of sp³-hybridized carbons (Fsp3) is 0.111. The first-order chi connectivity index (χ1) is 11.6. The van der Waals surface area contributed by atoms with E-state index in [9.17, 15) is 4.79 Å². The van der Waals surface area contributed by atoms with Gasteiger partial charge in [-0.15, -0.1) is 0 Å². The van der Waals surface area contributed by atoms with E-state index in [0.717, 1.165) is 11.3 Å².